The largest absolute Gasteiger partial charge is 0.424 e. The maximum atomic E-state index is 5.25. The van der Waals surface area contributed by atoms with Gasteiger partial charge in [0.05, 0.1) is 6.54 Å². The van der Waals surface area contributed by atoms with E-state index in [2.05, 4.69) is 29.4 Å². The quantitative estimate of drug-likeness (QED) is 0.756. The van der Waals surface area contributed by atoms with E-state index in [1.807, 2.05) is 0 Å². The van der Waals surface area contributed by atoms with Crippen LogP contribution in [0.1, 0.15) is 38.5 Å². The lowest BCUT2D eigenvalue weighted by Crippen LogP contribution is -2.21. The highest BCUT2D eigenvalue weighted by Crippen LogP contribution is 2.05. The number of hydrogen-bond donors (Lipinski definition) is 1. The summed E-state index contributed by atoms with van der Waals surface area (Å²) in [6, 6.07) is 0. The second-order valence-corrected chi connectivity index (χ2v) is 3.53. The molecule has 0 aliphatic rings. The summed E-state index contributed by atoms with van der Waals surface area (Å²) in [6.07, 6.45) is 2.43. The molecule has 1 aromatic rings. The second-order valence-electron chi connectivity index (χ2n) is 3.53. The van der Waals surface area contributed by atoms with Crippen LogP contribution in [0, 0.1) is 12.8 Å². The van der Waals surface area contributed by atoms with Gasteiger partial charge in [-0.15, -0.1) is 10.2 Å². The molecule has 0 aromatic carbocycles. The van der Waals surface area contributed by atoms with Crippen LogP contribution in [0.25, 0.3) is 0 Å². The molecule has 0 atom stereocenters. The molecule has 0 saturated carbocycles. The molecule has 0 aliphatic carbocycles. The Morgan fingerprint density at radius 3 is 2.50 bits per heavy atom. The molecule has 0 amide bonds. The van der Waals surface area contributed by atoms with Crippen LogP contribution in [0.15, 0.2) is 4.42 Å². The zero-order valence-corrected chi connectivity index (χ0v) is 9.21. The maximum absolute atomic E-state index is 5.25. The summed E-state index contributed by atoms with van der Waals surface area (Å²) >= 11 is 0. The van der Waals surface area contributed by atoms with E-state index in [9.17, 15) is 0 Å². The fourth-order valence-corrected chi connectivity index (χ4v) is 1.37. The molecule has 0 unspecified atom stereocenters. The first-order chi connectivity index (χ1) is 6.76. The Balaban J connectivity index is 2.21. The average Bonchev–Trinajstić information content (AvgIpc) is 2.59. The summed E-state index contributed by atoms with van der Waals surface area (Å²) < 4.78 is 5.25. The molecule has 0 spiro atoms. The van der Waals surface area contributed by atoms with Crippen molar-refractivity contribution >= 4 is 0 Å². The van der Waals surface area contributed by atoms with Gasteiger partial charge in [0.1, 0.15) is 0 Å². The van der Waals surface area contributed by atoms with Gasteiger partial charge in [0.15, 0.2) is 0 Å². The molecule has 1 rings (SSSR count). The van der Waals surface area contributed by atoms with Gasteiger partial charge >= 0.3 is 0 Å². The molecule has 1 N–H and O–H groups in total. The first-order valence-electron chi connectivity index (χ1n) is 5.26. The SMILES string of the molecule is CCC(CC)CNCc1nnc(C)o1. The van der Waals surface area contributed by atoms with Crippen molar-refractivity contribution in [2.24, 2.45) is 5.92 Å². The predicted octanol–water partition coefficient (Wildman–Crippen LogP) is 1.90. The van der Waals surface area contributed by atoms with E-state index in [1.165, 1.54) is 12.8 Å². The maximum Gasteiger partial charge on any atom is 0.230 e. The average molecular weight is 197 g/mol. The number of aromatic nitrogens is 2. The highest BCUT2D eigenvalue weighted by atomic mass is 16.4. The van der Waals surface area contributed by atoms with Crippen LogP contribution >= 0.6 is 0 Å². The Kier molecular flexibility index (Phi) is 4.59. The van der Waals surface area contributed by atoms with Crippen LogP contribution in [0.4, 0.5) is 0 Å². The van der Waals surface area contributed by atoms with Gasteiger partial charge in [-0.05, 0) is 12.5 Å². The van der Waals surface area contributed by atoms with Gasteiger partial charge < -0.3 is 9.73 Å². The standard InChI is InChI=1S/C10H19N3O/c1-4-9(5-2)6-11-7-10-13-12-8(3)14-10/h9,11H,4-7H2,1-3H3. The van der Waals surface area contributed by atoms with Crippen LogP contribution in [-0.2, 0) is 6.54 Å². The van der Waals surface area contributed by atoms with Crippen molar-refractivity contribution in [3.05, 3.63) is 11.8 Å². The van der Waals surface area contributed by atoms with Crippen molar-refractivity contribution in [3.63, 3.8) is 0 Å². The van der Waals surface area contributed by atoms with Gasteiger partial charge in [-0.1, -0.05) is 26.7 Å². The monoisotopic (exact) mass is 197 g/mol. The lowest BCUT2D eigenvalue weighted by Gasteiger charge is -2.11. The zero-order chi connectivity index (χ0) is 10.4. The highest BCUT2D eigenvalue weighted by molar-refractivity contribution is 4.78. The van der Waals surface area contributed by atoms with Crippen LogP contribution in [0.5, 0.6) is 0 Å². The van der Waals surface area contributed by atoms with E-state index in [0.29, 0.717) is 18.3 Å². The molecule has 1 aromatic heterocycles. The Morgan fingerprint density at radius 2 is 2.00 bits per heavy atom. The third-order valence-corrected chi connectivity index (χ3v) is 2.43. The van der Waals surface area contributed by atoms with Gasteiger partial charge in [-0.2, -0.15) is 0 Å². The normalized spacial score (nSPS) is 11.1. The van der Waals surface area contributed by atoms with Crippen molar-refractivity contribution in [3.8, 4) is 0 Å². The van der Waals surface area contributed by atoms with Gasteiger partial charge in [0.2, 0.25) is 11.8 Å². The van der Waals surface area contributed by atoms with Crippen LogP contribution in [0.3, 0.4) is 0 Å². The smallest absolute Gasteiger partial charge is 0.230 e. The molecule has 4 heteroatoms. The summed E-state index contributed by atoms with van der Waals surface area (Å²) in [5.74, 6) is 2.05. The number of nitrogens with zero attached hydrogens (tertiary/aromatic N) is 2. The Labute approximate surface area is 85.1 Å². The minimum absolute atomic E-state index is 0.629. The van der Waals surface area contributed by atoms with Crippen molar-refractivity contribution in [1.29, 1.82) is 0 Å². The van der Waals surface area contributed by atoms with E-state index in [-0.39, 0.29) is 0 Å². The molecule has 0 radical (unpaired) electrons. The summed E-state index contributed by atoms with van der Waals surface area (Å²) in [4.78, 5) is 0. The van der Waals surface area contributed by atoms with Gasteiger partial charge in [-0.25, -0.2) is 0 Å². The van der Waals surface area contributed by atoms with Gasteiger partial charge in [-0.3, -0.25) is 0 Å². The molecule has 80 valence electrons. The van der Waals surface area contributed by atoms with Crippen LogP contribution in [0.2, 0.25) is 0 Å². The van der Waals surface area contributed by atoms with E-state index in [1.54, 1.807) is 6.92 Å². The molecule has 0 saturated heterocycles. The first-order valence-corrected chi connectivity index (χ1v) is 5.26. The molecule has 14 heavy (non-hydrogen) atoms. The summed E-state index contributed by atoms with van der Waals surface area (Å²) in [7, 11) is 0. The summed E-state index contributed by atoms with van der Waals surface area (Å²) in [5.41, 5.74) is 0. The molecule has 0 bridgehead atoms. The van der Waals surface area contributed by atoms with Crippen molar-refractivity contribution < 1.29 is 4.42 Å². The minimum Gasteiger partial charge on any atom is -0.424 e. The van der Waals surface area contributed by atoms with Crippen LogP contribution in [-0.4, -0.2) is 16.7 Å². The lowest BCUT2D eigenvalue weighted by molar-refractivity contribution is 0.408. The summed E-state index contributed by atoms with van der Waals surface area (Å²) in [5, 5.41) is 11.0. The van der Waals surface area contributed by atoms with E-state index < -0.39 is 0 Å². The fraction of sp³-hybridized carbons (Fsp3) is 0.800. The van der Waals surface area contributed by atoms with Gasteiger partial charge in [0.25, 0.3) is 0 Å². The number of rotatable bonds is 6. The van der Waals surface area contributed by atoms with Gasteiger partial charge in [0, 0.05) is 6.92 Å². The minimum atomic E-state index is 0.629. The Hall–Kier alpha value is -0.900. The summed E-state index contributed by atoms with van der Waals surface area (Å²) in [6.45, 7) is 7.93. The Morgan fingerprint density at radius 1 is 1.29 bits per heavy atom. The lowest BCUT2D eigenvalue weighted by atomic mass is 10.0. The number of nitrogens with one attached hydrogen (secondary N) is 1. The topological polar surface area (TPSA) is 51.0 Å². The van der Waals surface area contributed by atoms with Crippen molar-refractivity contribution in [2.75, 3.05) is 6.54 Å². The zero-order valence-electron chi connectivity index (χ0n) is 9.21. The molecular weight excluding hydrogens is 178 g/mol. The van der Waals surface area contributed by atoms with E-state index >= 15 is 0 Å². The number of hydrogen-bond acceptors (Lipinski definition) is 4. The van der Waals surface area contributed by atoms with Crippen molar-refractivity contribution in [2.45, 2.75) is 40.2 Å². The predicted molar refractivity (Wildman–Crippen MR) is 54.8 cm³/mol. The molecule has 1 heterocycles. The van der Waals surface area contributed by atoms with Crippen LogP contribution < -0.4 is 5.32 Å². The second kappa shape index (κ2) is 5.75. The fourth-order valence-electron chi connectivity index (χ4n) is 1.37. The molecular formula is C10H19N3O. The van der Waals surface area contributed by atoms with E-state index in [0.717, 1.165) is 12.5 Å². The third-order valence-electron chi connectivity index (χ3n) is 2.43. The molecule has 0 aliphatic heterocycles. The molecule has 0 fully saturated rings. The number of aryl methyl sites for hydroxylation is 1. The Bertz CT molecular complexity index is 256. The van der Waals surface area contributed by atoms with E-state index in [4.69, 9.17) is 4.42 Å². The third kappa shape index (κ3) is 3.46. The highest BCUT2D eigenvalue weighted by Gasteiger charge is 2.04. The molecule has 4 nitrogen and oxygen atoms in total. The first kappa shape index (κ1) is 11.2. The van der Waals surface area contributed by atoms with Crippen molar-refractivity contribution in [1.82, 2.24) is 15.5 Å².